The molecule has 3 fully saturated rings. The minimum absolute atomic E-state index is 0.0793. The highest BCUT2D eigenvalue weighted by Crippen LogP contribution is 2.60. The number of thioether (sulfide) groups is 1. The molecular weight excluding hydrogens is 618 g/mol. The van der Waals surface area contributed by atoms with Gasteiger partial charge >= 0.3 is 5.97 Å². The van der Waals surface area contributed by atoms with Gasteiger partial charge in [0.05, 0.1) is 12.2 Å². The molecule has 2 aliphatic heterocycles. The molecular formula is C32H34ClN5O6S. The fraction of sp³-hybridized carbons (Fsp3) is 0.375. The zero-order valence-electron chi connectivity index (χ0n) is 25.0. The number of furan rings is 1. The van der Waals surface area contributed by atoms with Crippen molar-refractivity contribution < 1.29 is 23.8 Å². The number of esters is 1. The van der Waals surface area contributed by atoms with Crippen LogP contribution in [0.5, 0.6) is 0 Å². The molecule has 0 unspecified atom stereocenters. The van der Waals surface area contributed by atoms with Crippen LogP contribution in [0.4, 0.5) is 0 Å². The largest absolute Gasteiger partial charge is 0.469 e. The Morgan fingerprint density at radius 3 is 2.76 bits per heavy atom. The lowest BCUT2D eigenvalue weighted by molar-refractivity contribution is -0.485. The van der Waals surface area contributed by atoms with E-state index in [2.05, 4.69) is 41.4 Å². The number of carbonyl (C=O) groups is 2. The molecule has 2 aromatic heterocycles. The summed E-state index contributed by atoms with van der Waals surface area (Å²) in [6.45, 7) is 6.17. The number of hydrogen-bond donors (Lipinski definition) is 1. The highest BCUT2D eigenvalue weighted by molar-refractivity contribution is 8.14. The second-order valence-corrected chi connectivity index (χ2v) is 13.0. The van der Waals surface area contributed by atoms with Crippen LogP contribution in [0.2, 0.25) is 5.15 Å². The van der Waals surface area contributed by atoms with E-state index in [-0.39, 0.29) is 40.9 Å². The molecule has 45 heavy (non-hydrogen) atoms. The van der Waals surface area contributed by atoms with Crippen molar-refractivity contribution in [2.45, 2.75) is 39.8 Å². The second-order valence-electron chi connectivity index (χ2n) is 11.6. The van der Waals surface area contributed by atoms with E-state index in [0.717, 1.165) is 34.6 Å². The van der Waals surface area contributed by atoms with E-state index < -0.39 is 5.03 Å². The van der Waals surface area contributed by atoms with Crippen LogP contribution in [0.25, 0.3) is 0 Å². The number of hydrogen-bond acceptors (Lipinski definition) is 8. The van der Waals surface area contributed by atoms with E-state index >= 15 is 0 Å². The summed E-state index contributed by atoms with van der Waals surface area (Å²) in [5.41, 5.74) is 3.66. The molecule has 1 aliphatic carbocycles. The van der Waals surface area contributed by atoms with Crippen LogP contribution in [0.3, 0.4) is 0 Å². The summed E-state index contributed by atoms with van der Waals surface area (Å²) in [6.07, 6.45) is 6.81. The molecule has 0 radical (unpaired) electrons. The Kier molecular flexibility index (Phi) is 10.2. The number of allylic oxidation sites excluding steroid dienone is 1. The molecule has 4 heterocycles. The Balaban J connectivity index is 0.000000201. The molecule has 3 aromatic rings. The van der Waals surface area contributed by atoms with Crippen molar-refractivity contribution >= 4 is 40.4 Å². The Hall–Kier alpha value is -4.16. The summed E-state index contributed by atoms with van der Waals surface area (Å²) in [6, 6.07) is 15.6. The average Bonchev–Trinajstić information content (AvgIpc) is 3.52. The van der Waals surface area contributed by atoms with E-state index in [1.807, 2.05) is 36.4 Å². The number of carbonyl (C=O) groups excluding carboxylic acids is 2. The standard InChI is InChI=1S/C23H24O4S.C9H10ClN5O2/c1-23(2)19(12-17-8-9-28-22(17)25)20(23)21(24)27-14-16-11-18(26-13-16)10-15-6-4-3-5-7-15;10-8-2-1-7(5-12-8)6-14-4-3-11-9(14)13-15(16)17/h3-7,11-13,19-20H,8-10,14H2,1-2H3;1-2,5H,3-4,6H2,(H,11,13)/b17-12+;/t19-,20-;/m1./s1. The third kappa shape index (κ3) is 8.52. The molecule has 1 saturated carbocycles. The SMILES string of the molecule is CC1(C)[C@H](/C=C2\CCSC2=O)[C@@H]1C(=O)OCc1coc(Cc2ccccc2)c1.O=[N+]([O-])/N=C1\NCCN1Cc1ccc(Cl)nc1. The molecule has 3 aliphatic rings. The number of nitrogens with one attached hydrogen (secondary N) is 1. The van der Waals surface area contributed by atoms with Crippen molar-refractivity contribution in [3.05, 3.63) is 110 Å². The van der Waals surface area contributed by atoms with Crippen LogP contribution >= 0.6 is 23.4 Å². The second kappa shape index (κ2) is 14.3. The van der Waals surface area contributed by atoms with Crippen molar-refractivity contribution in [2.75, 3.05) is 18.8 Å². The van der Waals surface area contributed by atoms with Gasteiger partial charge in [0.2, 0.25) is 5.12 Å². The van der Waals surface area contributed by atoms with Gasteiger partial charge in [0.25, 0.3) is 5.96 Å². The van der Waals surface area contributed by atoms with Gasteiger partial charge in [0, 0.05) is 49.1 Å². The maximum absolute atomic E-state index is 12.6. The van der Waals surface area contributed by atoms with Gasteiger partial charge in [-0.15, -0.1) is 0 Å². The molecule has 1 aromatic carbocycles. The number of hydrazone groups is 1. The van der Waals surface area contributed by atoms with Crippen LogP contribution in [0, 0.1) is 27.4 Å². The molecule has 2 saturated heterocycles. The number of pyridine rings is 1. The fourth-order valence-electron chi connectivity index (χ4n) is 5.46. The summed E-state index contributed by atoms with van der Waals surface area (Å²) in [4.78, 5) is 40.5. The van der Waals surface area contributed by atoms with E-state index in [1.165, 1.54) is 17.3 Å². The van der Waals surface area contributed by atoms with E-state index in [9.17, 15) is 19.7 Å². The van der Waals surface area contributed by atoms with Crippen LogP contribution in [-0.2, 0) is 33.9 Å². The summed E-state index contributed by atoms with van der Waals surface area (Å²) in [7, 11) is 0. The maximum atomic E-state index is 12.6. The number of halogens is 1. The Bertz CT molecular complexity index is 1590. The first kappa shape index (κ1) is 32.2. The number of guanidine groups is 1. The fourth-order valence-corrected chi connectivity index (χ4v) is 6.44. The minimum Gasteiger partial charge on any atom is -0.469 e. The zero-order chi connectivity index (χ0) is 32.0. The molecule has 6 rings (SSSR count). The van der Waals surface area contributed by atoms with Gasteiger partial charge < -0.3 is 19.4 Å². The van der Waals surface area contributed by atoms with Gasteiger partial charge in [-0.2, -0.15) is 0 Å². The summed E-state index contributed by atoms with van der Waals surface area (Å²) < 4.78 is 11.2. The van der Waals surface area contributed by atoms with Gasteiger partial charge in [-0.3, -0.25) is 9.59 Å². The molecule has 0 spiro atoms. The predicted molar refractivity (Wildman–Crippen MR) is 171 cm³/mol. The first-order valence-electron chi connectivity index (χ1n) is 14.6. The van der Waals surface area contributed by atoms with Crippen LogP contribution in [-0.4, -0.2) is 50.8 Å². The minimum atomic E-state index is -0.708. The first-order chi connectivity index (χ1) is 21.6. The quantitative estimate of drug-likeness (QED) is 0.104. The number of nitrogens with zero attached hydrogens (tertiary/aromatic N) is 4. The van der Waals surface area contributed by atoms with Crippen LogP contribution < -0.4 is 5.32 Å². The van der Waals surface area contributed by atoms with Gasteiger partial charge in [0.15, 0.2) is 5.03 Å². The highest BCUT2D eigenvalue weighted by Gasteiger charge is 2.61. The highest BCUT2D eigenvalue weighted by atomic mass is 35.5. The van der Waals surface area contributed by atoms with Crippen LogP contribution in [0.1, 0.15) is 42.7 Å². The monoisotopic (exact) mass is 651 g/mol. The van der Waals surface area contributed by atoms with Gasteiger partial charge in [-0.1, -0.05) is 79.7 Å². The normalized spacial score (nSPS) is 21.8. The number of aromatic nitrogens is 1. The molecule has 236 valence electrons. The van der Waals surface area contributed by atoms with Crippen molar-refractivity contribution in [3.63, 3.8) is 0 Å². The predicted octanol–water partition coefficient (Wildman–Crippen LogP) is 5.46. The molecule has 1 N–H and O–H groups in total. The Labute approximate surface area is 270 Å². The number of benzene rings is 1. The van der Waals surface area contributed by atoms with Crippen molar-refractivity contribution in [1.29, 1.82) is 0 Å². The number of ether oxygens (including phenoxy) is 1. The van der Waals surface area contributed by atoms with E-state index in [4.69, 9.17) is 20.8 Å². The lowest BCUT2D eigenvalue weighted by Gasteiger charge is -2.14. The van der Waals surface area contributed by atoms with Gasteiger partial charge in [-0.25, -0.2) is 15.1 Å². The van der Waals surface area contributed by atoms with Crippen molar-refractivity contribution in [2.24, 2.45) is 22.4 Å². The topological polar surface area (TPSA) is 140 Å². The number of nitro groups is 1. The van der Waals surface area contributed by atoms with Gasteiger partial charge in [-0.05, 0) is 41.0 Å². The third-order valence-corrected chi connectivity index (χ3v) is 9.18. The smallest absolute Gasteiger partial charge is 0.310 e. The average molecular weight is 652 g/mol. The van der Waals surface area contributed by atoms with E-state index in [1.54, 1.807) is 23.4 Å². The summed E-state index contributed by atoms with van der Waals surface area (Å²) in [5.74, 6) is 1.67. The Morgan fingerprint density at radius 2 is 2.07 bits per heavy atom. The van der Waals surface area contributed by atoms with Crippen molar-refractivity contribution in [3.8, 4) is 0 Å². The van der Waals surface area contributed by atoms with E-state index in [0.29, 0.717) is 31.2 Å². The molecule has 2 atom stereocenters. The van der Waals surface area contributed by atoms with Crippen molar-refractivity contribution in [1.82, 2.24) is 15.2 Å². The molecule has 13 heteroatoms. The summed E-state index contributed by atoms with van der Waals surface area (Å²) >= 11 is 7.04. The van der Waals surface area contributed by atoms with Gasteiger partial charge in [0.1, 0.15) is 22.6 Å². The molecule has 0 amide bonds. The third-order valence-electron chi connectivity index (χ3n) is 8.03. The zero-order valence-corrected chi connectivity index (χ0v) is 26.6. The lowest BCUT2D eigenvalue weighted by Crippen LogP contribution is -2.30. The molecule has 0 bridgehead atoms. The number of rotatable bonds is 9. The van der Waals surface area contributed by atoms with Crippen LogP contribution in [0.15, 0.2) is 82.2 Å². The molecule has 11 nitrogen and oxygen atoms in total. The first-order valence-corrected chi connectivity index (χ1v) is 15.9. The summed E-state index contributed by atoms with van der Waals surface area (Å²) in [5, 5.41) is 16.3. The maximum Gasteiger partial charge on any atom is 0.310 e. The Morgan fingerprint density at radius 1 is 1.27 bits per heavy atom. The lowest BCUT2D eigenvalue weighted by atomic mass is 10.1.